The molecule has 0 bridgehead atoms. The summed E-state index contributed by atoms with van der Waals surface area (Å²) >= 11 is 0. The molecule has 0 aromatic heterocycles. The number of amides is 1. The summed E-state index contributed by atoms with van der Waals surface area (Å²) in [6.07, 6.45) is 0. The highest BCUT2D eigenvalue weighted by atomic mass is 16.1. The first-order valence-electron chi connectivity index (χ1n) is 6.44. The van der Waals surface area contributed by atoms with Crippen molar-refractivity contribution in [1.29, 1.82) is 0 Å². The molecule has 0 saturated heterocycles. The highest BCUT2D eigenvalue weighted by Crippen LogP contribution is 2.21. The Balaban J connectivity index is 2.22. The lowest BCUT2D eigenvalue weighted by Gasteiger charge is -2.21. The zero-order chi connectivity index (χ0) is 14.7. The van der Waals surface area contributed by atoms with Gasteiger partial charge in [0.1, 0.15) is 0 Å². The van der Waals surface area contributed by atoms with Crippen LogP contribution in [0.3, 0.4) is 0 Å². The van der Waals surface area contributed by atoms with Crippen LogP contribution in [0.25, 0.3) is 0 Å². The molecule has 4 heteroatoms. The average molecular weight is 269 g/mol. The summed E-state index contributed by atoms with van der Waals surface area (Å²) in [6, 6.07) is 13.4. The summed E-state index contributed by atoms with van der Waals surface area (Å²) in [5.41, 5.74) is 15.6. The van der Waals surface area contributed by atoms with Gasteiger partial charge < -0.3 is 16.4 Å². The van der Waals surface area contributed by atoms with Gasteiger partial charge in [-0.1, -0.05) is 18.2 Å². The number of anilines is 2. The van der Waals surface area contributed by atoms with Crippen LogP contribution in [0, 0.1) is 6.92 Å². The van der Waals surface area contributed by atoms with Crippen molar-refractivity contribution < 1.29 is 4.79 Å². The SMILES string of the molecule is Cc1cc(N(C)Cc2ccccc2N)ccc1C(N)=O. The van der Waals surface area contributed by atoms with E-state index in [1.54, 1.807) is 6.07 Å². The smallest absolute Gasteiger partial charge is 0.248 e. The molecule has 0 saturated carbocycles. The Labute approximate surface area is 119 Å². The molecule has 0 atom stereocenters. The maximum atomic E-state index is 11.2. The van der Waals surface area contributed by atoms with Crippen molar-refractivity contribution in [3.05, 3.63) is 59.2 Å². The molecule has 4 nitrogen and oxygen atoms in total. The minimum atomic E-state index is -0.399. The van der Waals surface area contributed by atoms with E-state index in [0.29, 0.717) is 12.1 Å². The van der Waals surface area contributed by atoms with Gasteiger partial charge in [-0.2, -0.15) is 0 Å². The Morgan fingerprint density at radius 2 is 1.90 bits per heavy atom. The van der Waals surface area contributed by atoms with E-state index in [1.807, 2.05) is 50.4 Å². The molecule has 0 fully saturated rings. The fourth-order valence-electron chi connectivity index (χ4n) is 2.19. The highest BCUT2D eigenvalue weighted by molar-refractivity contribution is 5.94. The van der Waals surface area contributed by atoms with Gasteiger partial charge in [-0.15, -0.1) is 0 Å². The van der Waals surface area contributed by atoms with Crippen LogP contribution in [0.15, 0.2) is 42.5 Å². The molecule has 4 N–H and O–H groups in total. The topological polar surface area (TPSA) is 72.3 Å². The molecule has 0 radical (unpaired) electrons. The van der Waals surface area contributed by atoms with Gasteiger partial charge in [-0.25, -0.2) is 0 Å². The van der Waals surface area contributed by atoms with Crippen LogP contribution in [0.1, 0.15) is 21.5 Å². The van der Waals surface area contributed by atoms with Crippen molar-refractivity contribution in [3.63, 3.8) is 0 Å². The zero-order valence-electron chi connectivity index (χ0n) is 11.8. The van der Waals surface area contributed by atoms with Gasteiger partial charge in [0, 0.05) is 30.5 Å². The second kappa shape index (κ2) is 5.65. The number of aryl methyl sites for hydroxylation is 1. The second-order valence-electron chi connectivity index (χ2n) is 4.92. The highest BCUT2D eigenvalue weighted by Gasteiger charge is 2.09. The number of nitrogens with zero attached hydrogens (tertiary/aromatic N) is 1. The van der Waals surface area contributed by atoms with Crippen LogP contribution in [0.4, 0.5) is 11.4 Å². The maximum absolute atomic E-state index is 11.2. The van der Waals surface area contributed by atoms with Gasteiger partial charge in [0.05, 0.1) is 0 Å². The number of para-hydroxylation sites is 1. The van der Waals surface area contributed by atoms with E-state index in [-0.39, 0.29) is 0 Å². The molecule has 2 rings (SSSR count). The van der Waals surface area contributed by atoms with E-state index in [2.05, 4.69) is 4.90 Å². The van der Waals surface area contributed by atoms with Crippen molar-refractivity contribution >= 4 is 17.3 Å². The summed E-state index contributed by atoms with van der Waals surface area (Å²) in [5.74, 6) is -0.399. The van der Waals surface area contributed by atoms with E-state index in [1.165, 1.54) is 0 Å². The van der Waals surface area contributed by atoms with Crippen LogP contribution in [0.2, 0.25) is 0 Å². The number of benzene rings is 2. The van der Waals surface area contributed by atoms with Gasteiger partial charge in [0.2, 0.25) is 5.91 Å². The van der Waals surface area contributed by atoms with E-state index in [4.69, 9.17) is 11.5 Å². The van der Waals surface area contributed by atoms with E-state index < -0.39 is 5.91 Å². The summed E-state index contributed by atoms with van der Waals surface area (Å²) in [4.78, 5) is 13.3. The molecule has 20 heavy (non-hydrogen) atoms. The Bertz CT molecular complexity index is 637. The molecule has 0 heterocycles. The van der Waals surface area contributed by atoms with Gasteiger partial charge in [-0.05, 0) is 42.3 Å². The van der Waals surface area contributed by atoms with Crippen LogP contribution in [0.5, 0.6) is 0 Å². The monoisotopic (exact) mass is 269 g/mol. The Morgan fingerprint density at radius 1 is 1.20 bits per heavy atom. The summed E-state index contributed by atoms with van der Waals surface area (Å²) in [6.45, 7) is 2.59. The average Bonchev–Trinajstić information content (AvgIpc) is 2.40. The number of primary amides is 1. The predicted octanol–water partition coefficient (Wildman–Crippen LogP) is 2.31. The first kappa shape index (κ1) is 13.9. The van der Waals surface area contributed by atoms with Crippen LogP contribution >= 0.6 is 0 Å². The zero-order valence-corrected chi connectivity index (χ0v) is 11.8. The molecule has 104 valence electrons. The van der Waals surface area contributed by atoms with Crippen molar-refractivity contribution in [3.8, 4) is 0 Å². The minimum absolute atomic E-state index is 0.399. The number of hydrogen-bond acceptors (Lipinski definition) is 3. The molecular formula is C16H19N3O. The second-order valence-corrected chi connectivity index (χ2v) is 4.92. The van der Waals surface area contributed by atoms with Crippen molar-refractivity contribution in [2.45, 2.75) is 13.5 Å². The lowest BCUT2D eigenvalue weighted by atomic mass is 10.1. The normalized spacial score (nSPS) is 10.3. The summed E-state index contributed by atoms with van der Waals surface area (Å²) in [7, 11) is 1.99. The lowest BCUT2D eigenvalue weighted by molar-refractivity contribution is 0.0999. The molecule has 0 unspecified atom stereocenters. The summed E-state index contributed by atoms with van der Waals surface area (Å²) in [5, 5.41) is 0. The molecule has 2 aromatic carbocycles. The quantitative estimate of drug-likeness (QED) is 0.837. The van der Waals surface area contributed by atoms with Crippen molar-refractivity contribution in [2.24, 2.45) is 5.73 Å². The van der Waals surface area contributed by atoms with E-state index >= 15 is 0 Å². The maximum Gasteiger partial charge on any atom is 0.248 e. The predicted molar refractivity (Wildman–Crippen MR) is 82.7 cm³/mol. The Hall–Kier alpha value is -2.49. The number of carbonyl (C=O) groups is 1. The van der Waals surface area contributed by atoms with Gasteiger partial charge in [-0.3, -0.25) is 4.79 Å². The molecule has 0 aliphatic heterocycles. The number of nitrogen functional groups attached to an aromatic ring is 1. The van der Waals surface area contributed by atoms with Crippen molar-refractivity contribution in [2.75, 3.05) is 17.7 Å². The lowest BCUT2D eigenvalue weighted by Crippen LogP contribution is -2.18. The first-order valence-corrected chi connectivity index (χ1v) is 6.44. The molecule has 1 amide bonds. The number of carbonyl (C=O) groups excluding carboxylic acids is 1. The Kier molecular flexibility index (Phi) is 3.94. The Morgan fingerprint density at radius 3 is 2.50 bits per heavy atom. The first-order chi connectivity index (χ1) is 9.49. The molecule has 0 spiro atoms. The standard InChI is InChI=1S/C16H19N3O/c1-11-9-13(7-8-14(11)16(18)20)19(2)10-12-5-3-4-6-15(12)17/h3-9H,10,17H2,1-2H3,(H2,18,20). The third-order valence-electron chi connectivity index (χ3n) is 3.38. The van der Waals surface area contributed by atoms with Gasteiger partial charge in [0.15, 0.2) is 0 Å². The largest absolute Gasteiger partial charge is 0.398 e. The number of nitrogens with two attached hydrogens (primary N) is 2. The molecule has 2 aromatic rings. The molecule has 0 aliphatic rings. The molecular weight excluding hydrogens is 250 g/mol. The number of hydrogen-bond donors (Lipinski definition) is 2. The fourth-order valence-corrected chi connectivity index (χ4v) is 2.19. The van der Waals surface area contributed by atoms with Crippen LogP contribution in [-0.2, 0) is 6.54 Å². The third kappa shape index (κ3) is 2.91. The van der Waals surface area contributed by atoms with E-state index in [0.717, 1.165) is 22.5 Å². The molecule has 0 aliphatic carbocycles. The van der Waals surface area contributed by atoms with Gasteiger partial charge >= 0.3 is 0 Å². The van der Waals surface area contributed by atoms with Gasteiger partial charge in [0.25, 0.3) is 0 Å². The van der Waals surface area contributed by atoms with Crippen LogP contribution < -0.4 is 16.4 Å². The van der Waals surface area contributed by atoms with Crippen molar-refractivity contribution in [1.82, 2.24) is 0 Å². The third-order valence-corrected chi connectivity index (χ3v) is 3.38. The number of rotatable bonds is 4. The fraction of sp³-hybridized carbons (Fsp3) is 0.188. The minimum Gasteiger partial charge on any atom is -0.398 e. The summed E-state index contributed by atoms with van der Waals surface area (Å²) < 4.78 is 0. The van der Waals surface area contributed by atoms with Crippen LogP contribution in [-0.4, -0.2) is 13.0 Å². The van der Waals surface area contributed by atoms with E-state index in [9.17, 15) is 4.79 Å².